The van der Waals surface area contributed by atoms with Crippen molar-refractivity contribution >= 4 is 10.1 Å². The zero-order chi connectivity index (χ0) is 11.3. The molecule has 0 aliphatic rings. The first-order valence-corrected chi connectivity index (χ1v) is 6.59. The van der Waals surface area contributed by atoms with E-state index in [4.69, 9.17) is 4.55 Å². The summed E-state index contributed by atoms with van der Waals surface area (Å²) in [5.41, 5.74) is 0. The van der Waals surface area contributed by atoms with Crippen LogP contribution in [0.2, 0.25) is 0 Å². The van der Waals surface area contributed by atoms with Gasteiger partial charge in [-0.25, -0.2) is 4.98 Å². The summed E-state index contributed by atoms with van der Waals surface area (Å²) in [5.74, 6) is 0.673. The van der Waals surface area contributed by atoms with Crippen LogP contribution < -0.4 is 0 Å². The smallest absolute Gasteiger partial charge is 0.264 e. The Kier molecular flexibility index (Phi) is 4.28. The van der Waals surface area contributed by atoms with Crippen LogP contribution in [0.15, 0.2) is 12.4 Å². The Bertz CT molecular complexity index is 397. The van der Waals surface area contributed by atoms with Crippen molar-refractivity contribution in [2.45, 2.75) is 32.7 Å². The van der Waals surface area contributed by atoms with Crippen LogP contribution in [0.3, 0.4) is 0 Å². The fourth-order valence-electron chi connectivity index (χ4n) is 1.43. The lowest BCUT2D eigenvalue weighted by Crippen LogP contribution is -2.08. The molecule has 0 saturated heterocycles. The number of hydrogen-bond acceptors (Lipinski definition) is 3. The second-order valence-corrected chi connectivity index (χ2v) is 5.00. The minimum absolute atomic E-state index is 0.202. The van der Waals surface area contributed by atoms with Gasteiger partial charge in [-0.05, 0) is 12.8 Å². The van der Waals surface area contributed by atoms with Gasteiger partial charge in [-0.3, -0.25) is 4.55 Å². The average molecular weight is 232 g/mol. The van der Waals surface area contributed by atoms with Crippen LogP contribution in [0.5, 0.6) is 0 Å². The van der Waals surface area contributed by atoms with Crippen LogP contribution >= 0.6 is 0 Å². The molecule has 0 amide bonds. The van der Waals surface area contributed by atoms with Crippen molar-refractivity contribution in [3.05, 3.63) is 18.2 Å². The van der Waals surface area contributed by atoms with Crippen molar-refractivity contribution in [2.75, 3.05) is 5.75 Å². The predicted octanol–water partition coefficient (Wildman–Crippen LogP) is 1.11. The van der Waals surface area contributed by atoms with E-state index in [1.54, 1.807) is 6.20 Å². The quantitative estimate of drug-likeness (QED) is 0.746. The minimum atomic E-state index is -3.84. The molecule has 5 nitrogen and oxygen atoms in total. The molecule has 1 aromatic heterocycles. The molecule has 0 radical (unpaired) electrons. The van der Waals surface area contributed by atoms with E-state index in [1.165, 1.54) is 0 Å². The zero-order valence-corrected chi connectivity index (χ0v) is 9.57. The van der Waals surface area contributed by atoms with Gasteiger partial charge in [0.1, 0.15) is 5.82 Å². The summed E-state index contributed by atoms with van der Waals surface area (Å²) in [7, 11) is -3.84. The zero-order valence-electron chi connectivity index (χ0n) is 8.76. The van der Waals surface area contributed by atoms with E-state index >= 15 is 0 Å². The van der Waals surface area contributed by atoms with E-state index in [2.05, 4.69) is 11.9 Å². The van der Waals surface area contributed by atoms with E-state index in [0.717, 1.165) is 18.8 Å². The maximum absolute atomic E-state index is 10.5. The molecule has 0 unspecified atom stereocenters. The topological polar surface area (TPSA) is 72.2 Å². The number of imidazole rings is 1. The molecule has 0 aromatic carbocycles. The lowest BCUT2D eigenvalue weighted by Gasteiger charge is -2.05. The number of aryl methyl sites for hydroxylation is 2. The van der Waals surface area contributed by atoms with Crippen molar-refractivity contribution in [3.8, 4) is 0 Å². The van der Waals surface area contributed by atoms with E-state index in [-0.39, 0.29) is 5.75 Å². The van der Waals surface area contributed by atoms with Gasteiger partial charge in [-0.1, -0.05) is 6.92 Å². The summed E-state index contributed by atoms with van der Waals surface area (Å²) in [5, 5.41) is 0. The first-order valence-electron chi connectivity index (χ1n) is 4.98. The predicted molar refractivity (Wildman–Crippen MR) is 57.3 cm³/mol. The molecule has 0 spiro atoms. The molecule has 15 heavy (non-hydrogen) atoms. The Morgan fingerprint density at radius 1 is 1.53 bits per heavy atom. The molecular formula is C9H16N2O3S. The number of aromatic nitrogens is 2. The van der Waals surface area contributed by atoms with Crippen LogP contribution in [0.25, 0.3) is 0 Å². The van der Waals surface area contributed by atoms with Crippen molar-refractivity contribution in [1.29, 1.82) is 0 Å². The van der Waals surface area contributed by atoms with Gasteiger partial charge in [-0.15, -0.1) is 0 Å². The molecule has 0 saturated carbocycles. The molecule has 0 bridgehead atoms. The van der Waals surface area contributed by atoms with Crippen LogP contribution in [0.1, 0.15) is 25.6 Å². The Labute approximate surface area is 89.9 Å². The molecule has 0 fully saturated rings. The van der Waals surface area contributed by atoms with Gasteiger partial charge in [0.25, 0.3) is 10.1 Å². The molecule has 0 aliphatic carbocycles. The number of rotatable bonds is 6. The number of hydrogen-bond donors (Lipinski definition) is 1. The monoisotopic (exact) mass is 232 g/mol. The van der Waals surface area contributed by atoms with E-state index in [9.17, 15) is 8.42 Å². The molecule has 1 N–H and O–H groups in total. The second-order valence-electron chi connectivity index (χ2n) is 3.43. The fraction of sp³-hybridized carbons (Fsp3) is 0.667. The third-order valence-corrected chi connectivity index (χ3v) is 2.87. The van der Waals surface area contributed by atoms with Gasteiger partial charge in [0.05, 0.1) is 5.75 Å². The maximum Gasteiger partial charge on any atom is 0.264 e. The Morgan fingerprint density at radius 2 is 2.27 bits per heavy atom. The fourth-order valence-corrected chi connectivity index (χ4v) is 1.93. The summed E-state index contributed by atoms with van der Waals surface area (Å²) >= 11 is 0. The summed E-state index contributed by atoms with van der Waals surface area (Å²) in [6, 6.07) is 0. The molecule has 86 valence electrons. The summed E-state index contributed by atoms with van der Waals surface area (Å²) in [6.07, 6.45) is 5.58. The van der Waals surface area contributed by atoms with Gasteiger partial charge in [0.15, 0.2) is 0 Å². The Balaban J connectivity index is 2.47. The summed E-state index contributed by atoms with van der Waals surface area (Å²) in [6.45, 7) is 2.96. The largest absolute Gasteiger partial charge is 0.335 e. The van der Waals surface area contributed by atoms with Crippen molar-refractivity contribution < 1.29 is 13.0 Å². The lowest BCUT2D eigenvalue weighted by atomic mass is 10.3. The van der Waals surface area contributed by atoms with E-state index in [1.807, 2.05) is 10.8 Å². The van der Waals surface area contributed by atoms with E-state index < -0.39 is 10.1 Å². The SMILES string of the molecule is CCCn1ccnc1CCCS(=O)(=O)O. The lowest BCUT2D eigenvalue weighted by molar-refractivity contribution is 0.480. The molecule has 0 atom stereocenters. The van der Waals surface area contributed by atoms with Crippen LogP contribution in [0.4, 0.5) is 0 Å². The molecule has 1 aromatic rings. The van der Waals surface area contributed by atoms with Gasteiger partial charge in [0, 0.05) is 25.4 Å². The second kappa shape index (κ2) is 5.27. The highest BCUT2D eigenvalue weighted by Crippen LogP contribution is 2.03. The van der Waals surface area contributed by atoms with Crippen LogP contribution in [-0.4, -0.2) is 28.3 Å². The Morgan fingerprint density at radius 3 is 2.87 bits per heavy atom. The highest BCUT2D eigenvalue weighted by atomic mass is 32.2. The third-order valence-electron chi connectivity index (χ3n) is 2.07. The van der Waals surface area contributed by atoms with Crippen molar-refractivity contribution in [1.82, 2.24) is 9.55 Å². The molecular weight excluding hydrogens is 216 g/mol. The third kappa shape index (κ3) is 4.44. The first kappa shape index (κ1) is 12.2. The Hall–Kier alpha value is -0.880. The molecule has 1 rings (SSSR count). The van der Waals surface area contributed by atoms with Crippen LogP contribution in [-0.2, 0) is 23.1 Å². The van der Waals surface area contributed by atoms with Gasteiger partial charge >= 0.3 is 0 Å². The average Bonchev–Trinajstić information content (AvgIpc) is 2.51. The number of nitrogens with zero attached hydrogens (tertiary/aromatic N) is 2. The minimum Gasteiger partial charge on any atom is -0.335 e. The highest BCUT2D eigenvalue weighted by Gasteiger charge is 2.06. The standard InChI is InChI=1S/C9H16N2O3S/c1-2-6-11-7-5-10-9(11)4-3-8-15(12,13)14/h5,7H,2-4,6,8H2,1H3,(H,12,13,14). The van der Waals surface area contributed by atoms with Crippen LogP contribution in [0, 0.1) is 0 Å². The van der Waals surface area contributed by atoms with Crippen molar-refractivity contribution in [3.63, 3.8) is 0 Å². The molecule has 1 heterocycles. The van der Waals surface area contributed by atoms with Gasteiger partial charge < -0.3 is 4.57 Å². The van der Waals surface area contributed by atoms with Gasteiger partial charge in [-0.2, -0.15) is 8.42 Å². The molecule has 0 aliphatic heterocycles. The first-order chi connectivity index (χ1) is 7.03. The molecule has 6 heteroatoms. The summed E-state index contributed by atoms with van der Waals surface area (Å²) < 4.78 is 31.6. The summed E-state index contributed by atoms with van der Waals surface area (Å²) in [4.78, 5) is 4.14. The van der Waals surface area contributed by atoms with Crippen molar-refractivity contribution in [2.24, 2.45) is 0 Å². The van der Waals surface area contributed by atoms with Gasteiger partial charge in [0.2, 0.25) is 0 Å². The van der Waals surface area contributed by atoms with E-state index in [0.29, 0.717) is 12.8 Å². The normalized spacial score (nSPS) is 11.9. The maximum atomic E-state index is 10.5. The highest BCUT2D eigenvalue weighted by molar-refractivity contribution is 7.85.